The van der Waals surface area contributed by atoms with Gasteiger partial charge in [-0.05, 0) is 61.0 Å². The smallest absolute Gasteiger partial charge is 0.294 e. The van der Waals surface area contributed by atoms with Crippen molar-refractivity contribution in [3.8, 4) is 5.75 Å². The number of aryl methyl sites for hydroxylation is 2. The summed E-state index contributed by atoms with van der Waals surface area (Å²) >= 11 is 7.01. The number of carbonyl (C=O) groups excluding carboxylic acids is 3. The number of halogens is 1. The molecule has 8 heteroatoms. The van der Waals surface area contributed by atoms with Crippen LogP contribution >= 0.6 is 23.4 Å². The lowest BCUT2D eigenvalue weighted by Gasteiger charge is -2.14. The van der Waals surface area contributed by atoms with E-state index in [9.17, 15) is 14.4 Å². The number of benzene rings is 3. The summed E-state index contributed by atoms with van der Waals surface area (Å²) in [7, 11) is 0. The van der Waals surface area contributed by atoms with Gasteiger partial charge < -0.3 is 10.1 Å². The SMILES string of the molecule is Cc1ccc(C)c(NC(=O)CN2C(=O)S/C(=C/c3ccccc3OCc3ccccc3Cl)C2=O)c1. The van der Waals surface area contributed by atoms with Gasteiger partial charge in [-0.1, -0.05) is 60.1 Å². The van der Waals surface area contributed by atoms with Crippen molar-refractivity contribution in [3.05, 3.63) is 98.9 Å². The highest BCUT2D eigenvalue weighted by Gasteiger charge is 2.36. The summed E-state index contributed by atoms with van der Waals surface area (Å²) in [6.07, 6.45) is 1.61. The van der Waals surface area contributed by atoms with E-state index < -0.39 is 17.1 Å². The van der Waals surface area contributed by atoms with Crippen LogP contribution in [0.4, 0.5) is 10.5 Å². The van der Waals surface area contributed by atoms with Gasteiger partial charge in [-0.3, -0.25) is 19.3 Å². The molecule has 6 nitrogen and oxygen atoms in total. The summed E-state index contributed by atoms with van der Waals surface area (Å²) in [6.45, 7) is 3.69. The first-order valence-electron chi connectivity index (χ1n) is 10.9. The summed E-state index contributed by atoms with van der Waals surface area (Å²) in [4.78, 5) is 39.2. The Morgan fingerprint density at radius 3 is 2.60 bits per heavy atom. The van der Waals surface area contributed by atoms with E-state index in [1.165, 1.54) is 0 Å². The number of hydrogen-bond acceptors (Lipinski definition) is 5. The molecule has 0 unspecified atom stereocenters. The Morgan fingerprint density at radius 2 is 1.80 bits per heavy atom. The molecular formula is C27H23ClN2O4S. The summed E-state index contributed by atoms with van der Waals surface area (Å²) in [6, 6.07) is 20.3. The van der Waals surface area contributed by atoms with E-state index in [1.54, 1.807) is 24.3 Å². The molecule has 0 radical (unpaired) electrons. The molecule has 4 rings (SSSR count). The fourth-order valence-electron chi connectivity index (χ4n) is 3.48. The topological polar surface area (TPSA) is 75.7 Å². The van der Waals surface area contributed by atoms with Gasteiger partial charge >= 0.3 is 0 Å². The first-order valence-corrected chi connectivity index (χ1v) is 12.1. The average Bonchev–Trinajstić information content (AvgIpc) is 3.09. The maximum absolute atomic E-state index is 12.9. The number of anilines is 1. The fraction of sp³-hybridized carbons (Fsp3) is 0.148. The molecule has 35 heavy (non-hydrogen) atoms. The third-order valence-corrected chi connectivity index (χ3v) is 6.67. The minimum absolute atomic E-state index is 0.225. The minimum atomic E-state index is -0.517. The summed E-state index contributed by atoms with van der Waals surface area (Å²) < 4.78 is 5.94. The second kappa shape index (κ2) is 10.8. The Bertz CT molecular complexity index is 1340. The number of hydrogen-bond donors (Lipinski definition) is 1. The Balaban J connectivity index is 1.46. The maximum atomic E-state index is 12.9. The Morgan fingerprint density at radius 1 is 1.06 bits per heavy atom. The van der Waals surface area contributed by atoms with E-state index in [-0.39, 0.29) is 18.1 Å². The lowest BCUT2D eigenvalue weighted by molar-refractivity contribution is -0.127. The molecular weight excluding hydrogens is 484 g/mol. The van der Waals surface area contributed by atoms with Crippen LogP contribution in [0.5, 0.6) is 5.75 Å². The lowest BCUT2D eigenvalue weighted by atomic mass is 10.1. The lowest BCUT2D eigenvalue weighted by Crippen LogP contribution is -2.36. The number of rotatable bonds is 7. The van der Waals surface area contributed by atoms with Gasteiger partial charge in [0.2, 0.25) is 5.91 Å². The molecule has 0 spiro atoms. The van der Waals surface area contributed by atoms with Crippen molar-refractivity contribution in [1.82, 2.24) is 4.90 Å². The van der Waals surface area contributed by atoms with E-state index in [2.05, 4.69) is 5.32 Å². The van der Waals surface area contributed by atoms with E-state index in [0.29, 0.717) is 22.0 Å². The molecule has 0 aromatic heterocycles. The van der Waals surface area contributed by atoms with Gasteiger partial charge in [0, 0.05) is 21.8 Å². The van der Waals surface area contributed by atoms with Gasteiger partial charge in [-0.2, -0.15) is 0 Å². The zero-order valence-electron chi connectivity index (χ0n) is 19.2. The molecule has 1 N–H and O–H groups in total. The highest BCUT2D eigenvalue weighted by molar-refractivity contribution is 8.18. The molecule has 3 amide bonds. The monoisotopic (exact) mass is 506 g/mol. The van der Waals surface area contributed by atoms with E-state index in [1.807, 2.05) is 62.4 Å². The molecule has 3 aromatic rings. The van der Waals surface area contributed by atoms with Crippen LogP contribution in [0.3, 0.4) is 0 Å². The third-order valence-electron chi connectivity index (χ3n) is 5.39. The predicted molar refractivity (Wildman–Crippen MR) is 139 cm³/mol. The van der Waals surface area contributed by atoms with Crippen LogP contribution in [0.1, 0.15) is 22.3 Å². The molecule has 1 fully saturated rings. The molecule has 1 aliphatic rings. The number of ether oxygens (including phenoxy) is 1. The molecule has 0 atom stereocenters. The summed E-state index contributed by atoms with van der Waals surface area (Å²) in [5, 5.41) is 2.89. The molecule has 1 aliphatic heterocycles. The van der Waals surface area contributed by atoms with Crippen molar-refractivity contribution in [2.75, 3.05) is 11.9 Å². The number of nitrogens with one attached hydrogen (secondary N) is 1. The van der Waals surface area contributed by atoms with Crippen molar-refractivity contribution in [2.24, 2.45) is 0 Å². The molecule has 0 saturated carbocycles. The van der Waals surface area contributed by atoms with Crippen LogP contribution in [0.25, 0.3) is 6.08 Å². The molecule has 178 valence electrons. The maximum Gasteiger partial charge on any atom is 0.294 e. The van der Waals surface area contributed by atoms with Crippen LogP contribution in [-0.2, 0) is 16.2 Å². The van der Waals surface area contributed by atoms with Crippen LogP contribution in [0.15, 0.2) is 71.6 Å². The molecule has 3 aromatic carbocycles. The molecule has 1 saturated heterocycles. The first-order chi connectivity index (χ1) is 16.8. The molecule has 0 aliphatic carbocycles. The second-order valence-electron chi connectivity index (χ2n) is 8.05. The highest BCUT2D eigenvalue weighted by atomic mass is 35.5. The van der Waals surface area contributed by atoms with E-state index >= 15 is 0 Å². The van der Waals surface area contributed by atoms with Crippen molar-refractivity contribution >= 4 is 52.2 Å². The van der Waals surface area contributed by atoms with Gasteiger partial charge in [0.25, 0.3) is 11.1 Å². The Hall–Kier alpha value is -3.55. The van der Waals surface area contributed by atoms with E-state index in [0.717, 1.165) is 33.4 Å². The Kier molecular flexibility index (Phi) is 7.58. The zero-order chi connectivity index (χ0) is 24.9. The minimum Gasteiger partial charge on any atom is -0.488 e. The van der Waals surface area contributed by atoms with Crippen molar-refractivity contribution in [2.45, 2.75) is 20.5 Å². The second-order valence-corrected chi connectivity index (χ2v) is 9.45. The number of nitrogens with zero attached hydrogens (tertiary/aromatic N) is 1. The number of para-hydroxylation sites is 1. The quantitative estimate of drug-likeness (QED) is 0.385. The number of amides is 3. The molecule has 1 heterocycles. The normalized spacial score (nSPS) is 14.5. The summed E-state index contributed by atoms with van der Waals surface area (Å²) in [5.41, 5.74) is 4.02. The van der Waals surface area contributed by atoms with Gasteiger partial charge in [0.15, 0.2) is 0 Å². The van der Waals surface area contributed by atoms with Gasteiger partial charge in [0.1, 0.15) is 18.9 Å². The van der Waals surface area contributed by atoms with Crippen molar-refractivity contribution < 1.29 is 19.1 Å². The number of thioether (sulfide) groups is 1. The largest absolute Gasteiger partial charge is 0.488 e. The van der Waals surface area contributed by atoms with Crippen LogP contribution in [0, 0.1) is 13.8 Å². The highest BCUT2D eigenvalue weighted by Crippen LogP contribution is 2.34. The van der Waals surface area contributed by atoms with Crippen LogP contribution in [0.2, 0.25) is 5.02 Å². The molecule has 0 bridgehead atoms. The number of carbonyl (C=O) groups is 3. The van der Waals surface area contributed by atoms with E-state index in [4.69, 9.17) is 16.3 Å². The Labute approximate surface area is 212 Å². The zero-order valence-corrected chi connectivity index (χ0v) is 20.8. The van der Waals surface area contributed by atoms with Crippen molar-refractivity contribution in [1.29, 1.82) is 0 Å². The van der Waals surface area contributed by atoms with Gasteiger partial charge in [-0.25, -0.2) is 0 Å². The van der Waals surface area contributed by atoms with Gasteiger partial charge in [0.05, 0.1) is 4.91 Å². The summed E-state index contributed by atoms with van der Waals surface area (Å²) in [5.74, 6) is -0.408. The van der Waals surface area contributed by atoms with Crippen LogP contribution < -0.4 is 10.1 Å². The first kappa shape index (κ1) is 24.6. The fourth-order valence-corrected chi connectivity index (χ4v) is 4.50. The van der Waals surface area contributed by atoms with Crippen molar-refractivity contribution in [3.63, 3.8) is 0 Å². The third kappa shape index (κ3) is 5.93. The standard InChI is InChI=1S/C27H23ClN2O4S/c1-17-11-12-18(2)22(13-17)29-25(31)15-30-26(32)24(35-27(30)33)14-19-7-4-6-10-23(19)34-16-20-8-3-5-9-21(20)28/h3-14H,15-16H2,1-2H3,(H,29,31)/b24-14+. The number of imide groups is 1. The van der Waals surface area contributed by atoms with Crippen LogP contribution in [-0.4, -0.2) is 28.5 Å². The predicted octanol–water partition coefficient (Wildman–Crippen LogP) is 6.21. The average molecular weight is 507 g/mol. The van der Waals surface area contributed by atoms with Gasteiger partial charge in [-0.15, -0.1) is 0 Å².